The molecule has 1 atom stereocenters. The molecule has 3 aromatic rings. The van der Waals surface area contributed by atoms with Gasteiger partial charge in [0, 0.05) is 23.2 Å². The Hall–Kier alpha value is -3.01. The van der Waals surface area contributed by atoms with Gasteiger partial charge in [-0.25, -0.2) is 4.39 Å². The van der Waals surface area contributed by atoms with Crippen LogP contribution in [0.2, 0.25) is 0 Å². The molecule has 6 heteroatoms. The molecule has 0 bridgehead atoms. The van der Waals surface area contributed by atoms with Gasteiger partial charge in [0.05, 0.1) is 5.56 Å². The summed E-state index contributed by atoms with van der Waals surface area (Å²) in [5.41, 5.74) is 2.49. The highest BCUT2D eigenvalue weighted by Gasteiger charge is 2.41. The Kier molecular flexibility index (Phi) is 4.95. The monoisotopic (exact) mass is 406 g/mol. The number of amides is 1. The highest BCUT2D eigenvalue weighted by atomic mass is 32.1. The Morgan fingerprint density at radius 2 is 2.00 bits per heavy atom. The lowest BCUT2D eigenvalue weighted by atomic mass is 9.85. The molecule has 4 nitrogen and oxygen atoms in total. The number of nitrogens with zero attached hydrogens (tertiary/aromatic N) is 2. The Morgan fingerprint density at radius 3 is 2.69 bits per heavy atom. The van der Waals surface area contributed by atoms with Crippen molar-refractivity contribution in [3.63, 3.8) is 0 Å². The second kappa shape index (κ2) is 7.43. The molecule has 2 aromatic carbocycles. The molecule has 0 aliphatic carbocycles. The van der Waals surface area contributed by atoms with Gasteiger partial charge >= 0.3 is 0 Å². The summed E-state index contributed by atoms with van der Waals surface area (Å²) in [5, 5.41) is 11.2. The van der Waals surface area contributed by atoms with E-state index in [0.717, 1.165) is 27.3 Å². The second-order valence-electron chi connectivity index (χ2n) is 6.94. The number of ether oxygens (including phenoxy) is 1. The molecule has 4 rings (SSSR count). The van der Waals surface area contributed by atoms with Crippen LogP contribution >= 0.6 is 11.3 Å². The molecular formula is C23H19FN2O2S. The van der Waals surface area contributed by atoms with Crippen molar-refractivity contribution < 1.29 is 13.9 Å². The van der Waals surface area contributed by atoms with E-state index < -0.39 is 11.4 Å². The molecule has 2 heterocycles. The van der Waals surface area contributed by atoms with Crippen molar-refractivity contribution >= 4 is 22.9 Å². The topological polar surface area (TPSA) is 53.3 Å². The fourth-order valence-corrected chi connectivity index (χ4v) is 4.76. The minimum absolute atomic E-state index is 0.000926. The average Bonchev–Trinajstić information content (AvgIpc) is 3.26. The molecule has 0 saturated carbocycles. The molecule has 1 unspecified atom stereocenters. The van der Waals surface area contributed by atoms with Crippen molar-refractivity contribution in [3.05, 3.63) is 75.7 Å². The minimum Gasteiger partial charge on any atom is -0.355 e. The number of carbonyl (C=O) groups is 1. The van der Waals surface area contributed by atoms with Crippen molar-refractivity contribution in [1.82, 2.24) is 0 Å². The number of halogens is 1. The van der Waals surface area contributed by atoms with E-state index in [4.69, 9.17) is 4.74 Å². The van der Waals surface area contributed by atoms with Crippen molar-refractivity contribution in [2.75, 3.05) is 18.6 Å². The van der Waals surface area contributed by atoms with Crippen LogP contribution in [0.25, 0.3) is 11.1 Å². The van der Waals surface area contributed by atoms with Crippen LogP contribution in [-0.4, -0.2) is 19.6 Å². The zero-order chi connectivity index (χ0) is 20.6. The maximum Gasteiger partial charge on any atom is 0.252 e. The zero-order valence-electron chi connectivity index (χ0n) is 16.1. The van der Waals surface area contributed by atoms with Gasteiger partial charge in [-0.3, -0.25) is 4.79 Å². The lowest BCUT2D eigenvalue weighted by Crippen LogP contribution is -2.31. The van der Waals surface area contributed by atoms with E-state index >= 15 is 0 Å². The van der Waals surface area contributed by atoms with E-state index in [0.29, 0.717) is 6.42 Å². The Labute approximate surface area is 172 Å². The van der Waals surface area contributed by atoms with Gasteiger partial charge in [-0.05, 0) is 53.3 Å². The molecular weight excluding hydrogens is 387 g/mol. The van der Waals surface area contributed by atoms with Gasteiger partial charge in [-0.1, -0.05) is 25.1 Å². The summed E-state index contributed by atoms with van der Waals surface area (Å²) in [5.74, 6) is -0.652. The fourth-order valence-electron chi connectivity index (χ4n) is 3.79. The first kappa shape index (κ1) is 19.3. The van der Waals surface area contributed by atoms with Crippen molar-refractivity contribution in [2.45, 2.75) is 18.9 Å². The largest absolute Gasteiger partial charge is 0.355 e. The van der Waals surface area contributed by atoms with Crippen molar-refractivity contribution in [2.24, 2.45) is 0 Å². The van der Waals surface area contributed by atoms with Crippen LogP contribution < -0.4 is 4.90 Å². The van der Waals surface area contributed by atoms with Crippen LogP contribution in [0.3, 0.4) is 0 Å². The number of benzene rings is 2. The third-order valence-corrected chi connectivity index (χ3v) is 6.46. The number of anilines is 1. The molecule has 0 spiro atoms. The molecule has 29 heavy (non-hydrogen) atoms. The minimum atomic E-state index is -0.752. The van der Waals surface area contributed by atoms with Crippen LogP contribution in [0, 0.1) is 17.1 Å². The van der Waals surface area contributed by atoms with Gasteiger partial charge in [0.25, 0.3) is 5.91 Å². The number of hydrogen-bond donors (Lipinski definition) is 0. The number of carbonyl (C=O) groups excluding carboxylic acids is 1. The van der Waals surface area contributed by atoms with E-state index in [1.54, 1.807) is 35.4 Å². The van der Waals surface area contributed by atoms with E-state index in [1.165, 1.54) is 6.07 Å². The average molecular weight is 406 g/mol. The third-order valence-electron chi connectivity index (χ3n) is 5.45. The fraction of sp³-hybridized carbons (Fsp3) is 0.217. The van der Waals surface area contributed by atoms with Crippen LogP contribution in [-0.2, 0) is 15.1 Å². The smallest absolute Gasteiger partial charge is 0.252 e. The van der Waals surface area contributed by atoms with E-state index in [2.05, 4.69) is 0 Å². The number of likely N-dealkylation sites (N-methyl/N-ethyl adjacent to an activating group) is 1. The highest BCUT2D eigenvalue weighted by molar-refractivity contribution is 7.10. The lowest BCUT2D eigenvalue weighted by Gasteiger charge is -2.32. The summed E-state index contributed by atoms with van der Waals surface area (Å²) in [6.07, 6.45) is 0.651. The Bertz CT molecular complexity index is 1120. The highest BCUT2D eigenvalue weighted by Crippen LogP contribution is 2.46. The molecule has 0 saturated heterocycles. The van der Waals surface area contributed by atoms with Gasteiger partial charge in [0.1, 0.15) is 24.1 Å². The van der Waals surface area contributed by atoms with Gasteiger partial charge in [0.15, 0.2) is 0 Å². The van der Waals surface area contributed by atoms with Crippen LogP contribution in [0.5, 0.6) is 0 Å². The van der Waals surface area contributed by atoms with Crippen LogP contribution in [0.4, 0.5) is 10.1 Å². The Balaban J connectivity index is 1.96. The zero-order valence-corrected chi connectivity index (χ0v) is 16.9. The summed E-state index contributed by atoms with van der Waals surface area (Å²) in [6, 6.07) is 16.2. The summed E-state index contributed by atoms with van der Waals surface area (Å²) < 4.78 is 20.0. The first-order valence-electron chi connectivity index (χ1n) is 9.29. The number of rotatable bonds is 3. The van der Waals surface area contributed by atoms with E-state index in [9.17, 15) is 14.4 Å². The lowest BCUT2D eigenvalue weighted by molar-refractivity contribution is -0.127. The first-order chi connectivity index (χ1) is 14.0. The van der Waals surface area contributed by atoms with Gasteiger partial charge < -0.3 is 9.64 Å². The molecule has 1 amide bonds. The SMILES string of the molecule is CCC1(c2cccs2)OCC(=O)N(C)c2ccc(-c3ccc(F)c(C#N)c3)cc21. The van der Waals surface area contributed by atoms with Gasteiger partial charge in [-0.15, -0.1) is 11.3 Å². The summed E-state index contributed by atoms with van der Waals surface area (Å²) in [6.45, 7) is 2.03. The van der Waals surface area contributed by atoms with Gasteiger partial charge in [-0.2, -0.15) is 5.26 Å². The number of fused-ring (bicyclic) bond motifs is 1. The standard InChI is InChI=1S/C23H19FN2O2S/c1-3-23(21-5-4-10-29-21)18-12-16(15-6-8-19(24)17(11-15)13-25)7-9-20(18)26(2)22(27)14-28-23/h4-12H,3,14H2,1-2H3. The predicted molar refractivity (Wildman–Crippen MR) is 111 cm³/mol. The maximum atomic E-state index is 13.8. The normalized spacial score (nSPS) is 18.8. The molecule has 146 valence electrons. The first-order valence-corrected chi connectivity index (χ1v) is 10.2. The maximum absolute atomic E-state index is 13.8. The molecule has 1 aliphatic heterocycles. The van der Waals surface area contributed by atoms with Gasteiger partial charge in [0.2, 0.25) is 0 Å². The molecule has 0 N–H and O–H groups in total. The third kappa shape index (κ3) is 3.13. The number of hydrogen-bond acceptors (Lipinski definition) is 4. The molecule has 0 radical (unpaired) electrons. The summed E-state index contributed by atoms with van der Waals surface area (Å²) >= 11 is 1.59. The van der Waals surface area contributed by atoms with Crippen molar-refractivity contribution in [3.8, 4) is 17.2 Å². The molecule has 1 aromatic heterocycles. The molecule has 0 fully saturated rings. The molecule has 1 aliphatic rings. The quantitative estimate of drug-likeness (QED) is 0.610. The van der Waals surface area contributed by atoms with Crippen molar-refractivity contribution in [1.29, 1.82) is 5.26 Å². The predicted octanol–water partition coefficient (Wildman–Crippen LogP) is 5.07. The van der Waals surface area contributed by atoms with E-state index in [1.807, 2.05) is 48.7 Å². The van der Waals surface area contributed by atoms with E-state index in [-0.39, 0.29) is 18.1 Å². The van der Waals surface area contributed by atoms with Crippen LogP contribution in [0.1, 0.15) is 29.3 Å². The van der Waals surface area contributed by atoms with Crippen LogP contribution in [0.15, 0.2) is 53.9 Å². The second-order valence-corrected chi connectivity index (χ2v) is 7.89. The number of nitriles is 1. The Morgan fingerprint density at radius 1 is 1.24 bits per heavy atom. The number of thiophene rings is 1. The summed E-state index contributed by atoms with van der Waals surface area (Å²) in [7, 11) is 1.75. The summed E-state index contributed by atoms with van der Waals surface area (Å²) in [4.78, 5) is 15.2.